The van der Waals surface area contributed by atoms with Gasteiger partial charge in [-0.25, -0.2) is 9.97 Å². The third kappa shape index (κ3) is 6.85. The Morgan fingerprint density at radius 3 is 2.68 bits per heavy atom. The molecule has 34 heavy (non-hydrogen) atoms. The number of hydrogen-bond donors (Lipinski definition) is 1. The van der Waals surface area contributed by atoms with Crippen molar-refractivity contribution in [3.8, 4) is 0 Å². The van der Waals surface area contributed by atoms with Crippen molar-refractivity contribution in [2.24, 2.45) is 5.92 Å². The van der Waals surface area contributed by atoms with Gasteiger partial charge < -0.3 is 15.1 Å². The first kappa shape index (κ1) is 24.8. The Kier molecular flexibility index (Phi) is 8.32. The molecule has 1 aromatic heterocycles. The van der Waals surface area contributed by atoms with E-state index in [2.05, 4.69) is 39.2 Å². The van der Waals surface area contributed by atoms with Gasteiger partial charge in [0, 0.05) is 43.7 Å². The molecule has 2 fully saturated rings. The monoisotopic (exact) mass is 501 g/mol. The molecule has 0 bridgehead atoms. The summed E-state index contributed by atoms with van der Waals surface area (Å²) in [6.07, 6.45) is 3.85. The zero-order chi connectivity index (χ0) is 24.1. The molecule has 0 radical (unpaired) electrons. The Balaban J connectivity index is 1.26. The summed E-state index contributed by atoms with van der Waals surface area (Å²) in [4.78, 5) is 38.0. The van der Waals surface area contributed by atoms with E-state index in [0.29, 0.717) is 29.9 Å². The summed E-state index contributed by atoms with van der Waals surface area (Å²) in [5.41, 5.74) is 1.27. The number of nitrogens with one attached hydrogen (secondary N) is 1. The lowest BCUT2D eigenvalue weighted by Gasteiger charge is -2.40. The van der Waals surface area contributed by atoms with Gasteiger partial charge in [0.15, 0.2) is 5.16 Å². The second-order valence-electron chi connectivity index (χ2n) is 9.21. The van der Waals surface area contributed by atoms with E-state index in [9.17, 15) is 9.59 Å². The summed E-state index contributed by atoms with van der Waals surface area (Å²) >= 11 is 7.56. The molecule has 1 saturated carbocycles. The highest BCUT2D eigenvalue weighted by molar-refractivity contribution is 7.99. The van der Waals surface area contributed by atoms with E-state index in [1.54, 1.807) is 6.07 Å². The predicted octanol–water partition coefficient (Wildman–Crippen LogP) is 3.81. The van der Waals surface area contributed by atoms with E-state index in [1.807, 2.05) is 30.0 Å². The highest BCUT2D eigenvalue weighted by atomic mass is 35.5. The fraction of sp³-hybridized carbons (Fsp3) is 0.520. The van der Waals surface area contributed by atoms with Crippen molar-refractivity contribution in [2.75, 3.05) is 30.3 Å². The van der Waals surface area contributed by atoms with Crippen molar-refractivity contribution < 1.29 is 9.59 Å². The van der Waals surface area contributed by atoms with Crippen LogP contribution in [-0.4, -0.2) is 64.2 Å². The largest absolute Gasteiger partial charge is 0.353 e. The van der Waals surface area contributed by atoms with Crippen LogP contribution in [0.25, 0.3) is 0 Å². The Morgan fingerprint density at radius 2 is 1.97 bits per heavy atom. The average molecular weight is 502 g/mol. The van der Waals surface area contributed by atoms with Gasteiger partial charge in [-0.2, -0.15) is 0 Å². The smallest absolute Gasteiger partial charge is 0.230 e. The average Bonchev–Trinajstić information content (AvgIpc) is 3.67. The van der Waals surface area contributed by atoms with Crippen LogP contribution in [0, 0.1) is 5.92 Å². The zero-order valence-corrected chi connectivity index (χ0v) is 21.3. The van der Waals surface area contributed by atoms with Gasteiger partial charge in [0.2, 0.25) is 11.8 Å². The Labute approximate surface area is 210 Å². The molecule has 182 valence electrons. The minimum absolute atomic E-state index is 0.0449. The van der Waals surface area contributed by atoms with E-state index >= 15 is 0 Å². The van der Waals surface area contributed by atoms with Crippen LogP contribution in [-0.2, 0) is 16.0 Å². The maximum Gasteiger partial charge on any atom is 0.230 e. The van der Waals surface area contributed by atoms with Crippen LogP contribution in [0.1, 0.15) is 38.7 Å². The zero-order valence-electron chi connectivity index (χ0n) is 19.7. The van der Waals surface area contributed by atoms with Crippen LogP contribution in [0.15, 0.2) is 41.6 Å². The molecule has 0 spiro atoms. The number of aromatic nitrogens is 2. The number of carbonyl (C=O) groups is 2. The normalized spacial score (nSPS) is 19.1. The van der Waals surface area contributed by atoms with Crippen LogP contribution >= 0.6 is 23.4 Å². The topological polar surface area (TPSA) is 78.4 Å². The summed E-state index contributed by atoms with van der Waals surface area (Å²) in [6, 6.07) is 12.2. The Bertz CT molecular complexity index is 1000. The van der Waals surface area contributed by atoms with Crippen LogP contribution in [0.2, 0.25) is 5.15 Å². The molecule has 2 amide bonds. The summed E-state index contributed by atoms with van der Waals surface area (Å²) in [5, 5.41) is 3.89. The molecule has 9 heteroatoms. The van der Waals surface area contributed by atoms with Crippen LogP contribution in [0.5, 0.6) is 0 Å². The summed E-state index contributed by atoms with van der Waals surface area (Å²) < 4.78 is 0. The van der Waals surface area contributed by atoms with E-state index in [0.717, 1.165) is 31.5 Å². The number of rotatable bonds is 9. The number of benzene rings is 1. The second kappa shape index (κ2) is 11.4. The molecular weight excluding hydrogens is 470 g/mol. The van der Waals surface area contributed by atoms with Crippen molar-refractivity contribution in [3.63, 3.8) is 0 Å². The van der Waals surface area contributed by atoms with Crippen LogP contribution in [0.4, 0.5) is 5.82 Å². The third-order valence-corrected chi connectivity index (χ3v) is 7.31. The Hall–Kier alpha value is -2.32. The highest BCUT2D eigenvalue weighted by Gasteiger charge is 2.37. The Morgan fingerprint density at radius 1 is 1.21 bits per heavy atom. The number of thioether (sulfide) groups is 1. The fourth-order valence-electron chi connectivity index (χ4n) is 4.22. The maximum absolute atomic E-state index is 12.5. The number of amides is 2. The first-order valence-corrected chi connectivity index (χ1v) is 13.3. The lowest BCUT2D eigenvalue weighted by molar-refractivity contribution is -0.135. The standard InChI is InChI=1S/C25H32ClN5O2S/c1-17(8-9-19-6-4-3-5-7-19)27-23(32)16-34-25-28-21(26)14-22(29-25)30-12-13-31(18(2)15-30)24(33)20-10-11-20/h3-7,14,17-18,20H,8-13,15-16H2,1-2H3,(H,27,32). The molecule has 2 unspecified atom stereocenters. The fourth-order valence-corrected chi connectivity index (χ4v) is 5.11. The first-order valence-electron chi connectivity index (χ1n) is 11.9. The number of hydrogen-bond acceptors (Lipinski definition) is 6. The highest BCUT2D eigenvalue weighted by Crippen LogP contribution is 2.33. The molecule has 2 atom stereocenters. The van der Waals surface area contributed by atoms with Crippen molar-refractivity contribution in [3.05, 3.63) is 47.1 Å². The van der Waals surface area contributed by atoms with Crippen molar-refractivity contribution in [1.82, 2.24) is 20.2 Å². The molecule has 1 aliphatic heterocycles. The summed E-state index contributed by atoms with van der Waals surface area (Å²) in [5.74, 6) is 1.45. The van der Waals surface area contributed by atoms with Gasteiger partial charge in [0.05, 0.1) is 5.75 Å². The summed E-state index contributed by atoms with van der Waals surface area (Å²) in [6.45, 7) is 6.20. The van der Waals surface area contributed by atoms with Gasteiger partial charge in [-0.1, -0.05) is 53.7 Å². The van der Waals surface area contributed by atoms with E-state index in [-0.39, 0.29) is 35.6 Å². The van der Waals surface area contributed by atoms with Gasteiger partial charge in [0.25, 0.3) is 0 Å². The minimum Gasteiger partial charge on any atom is -0.353 e. The number of halogens is 1. The SMILES string of the molecule is CC(CCc1ccccc1)NC(=O)CSc1nc(Cl)cc(N2CCN(C(=O)C3CC3)C(C)C2)n1. The van der Waals surface area contributed by atoms with Crippen LogP contribution in [0.3, 0.4) is 0 Å². The summed E-state index contributed by atoms with van der Waals surface area (Å²) in [7, 11) is 0. The lowest BCUT2D eigenvalue weighted by atomic mass is 10.1. The van der Waals surface area contributed by atoms with E-state index < -0.39 is 0 Å². The molecule has 2 aliphatic rings. The van der Waals surface area contributed by atoms with Gasteiger partial charge >= 0.3 is 0 Å². The van der Waals surface area contributed by atoms with Crippen LogP contribution < -0.4 is 10.2 Å². The molecule has 1 N–H and O–H groups in total. The van der Waals surface area contributed by atoms with Crippen molar-refractivity contribution in [1.29, 1.82) is 0 Å². The molecule has 2 aromatic rings. The number of carbonyl (C=O) groups excluding carboxylic acids is 2. The molecule has 7 nitrogen and oxygen atoms in total. The first-order chi connectivity index (χ1) is 16.4. The second-order valence-corrected chi connectivity index (χ2v) is 10.5. The van der Waals surface area contributed by atoms with Gasteiger partial charge in [0.1, 0.15) is 11.0 Å². The number of nitrogens with zero attached hydrogens (tertiary/aromatic N) is 4. The van der Waals surface area contributed by atoms with Gasteiger partial charge in [-0.3, -0.25) is 9.59 Å². The predicted molar refractivity (Wildman–Crippen MR) is 136 cm³/mol. The number of anilines is 1. The molecule has 1 aromatic carbocycles. The van der Waals surface area contributed by atoms with Gasteiger partial charge in [-0.15, -0.1) is 0 Å². The quantitative estimate of drug-likeness (QED) is 0.320. The minimum atomic E-state index is -0.0449. The van der Waals surface area contributed by atoms with Crippen molar-refractivity contribution >= 4 is 41.0 Å². The molecule has 4 rings (SSSR count). The van der Waals surface area contributed by atoms with Crippen molar-refractivity contribution in [2.45, 2.75) is 56.8 Å². The van der Waals surface area contributed by atoms with E-state index in [4.69, 9.17) is 11.6 Å². The molecular formula is C25H32ClN5O2S. The number of piperazine rings is 1. The number of aryl methyl sites for hydroxylation is 1. The lowest BCUT2D eigenvalue weighted by Crippen LogP contribution is -2.54. The molecule has 1 aliphatic carbocycles. The molecule has 1 saturated heterocycles. The third-order valence-electron chi connectivity index (χ3n) is 6.27. The molecule has 2 heterocycles. The van der Waals surface area contributed by atoms with Gasteiger partial charge in [-0.05, 0) is 45.1 Å². The maximum atomic E-state index is 12.5. The van der Waals surface area contributed by atoms with E-state index in [1.165, 1.54) is 17.3 Å².